The van der Waals surface area contributed by atoms with Gasteiger partial charge < -0.3 is 10.6 Å². The fraction of sp³-hybridized carbons (Fsp3) is 0.400. The number of pyridine rings is 1. The quantitative estimate of drug-likeness (QED) is 0.624. The lowest BCUT2D eigenvalue weighted by atomic mass is 10.1. The number of piperidine rings is 1. The van der Waals surface area contributed by atoms with Crippen LogP contribution in [0.15, 0.2) is 18.3 Å². The Kier molecular flexibility index (Phi) is 3.20. The van der Waals surface area contributed by atoms with E-state index in [1.807, 2.05) is 12.1 Å². The Morgan fingerprint density at radius 1 is 1.53 bits per heavy atom. The van der Waals surface area contributed by atoms with Crippen molar-refractivity contribution in [1.29, 1.82) is 0 Å². The van der Waals surface area contributed by atoms with Crippen molar-refractivity contribution in [3.8, 4) is 0 Å². The summed E-state index contributed by atoms with van der Waals surface area (Å²) in [6.45, 7) is 0.745. The summed E-state index contributed by atoms with van der Waals surface area (Å²) >= 11 is 2.14. The van der Waals surface area contributed by atoms with Gasteiger partial charge >= 0.3 is 0 Å². The Morgan fingerprint density at radius 2 is 2.33 bits per heavy atom. The van der Waals surface area contributed by atoms with Crippen LogP contribution in [0.4, 0.5) is 5.69 Å². The molecule has 80 valence electrons. The number of rotatable bonds is 1. The normalized spacial score (nSPS) is 21.9. The maximum atomic E-state index is 11.8. The number of aromatic nitrogens is 1. The second kappa shape index (κ2) is 4.44. The van der Waals surface area contributed by atoms with E-state index < -0.39 is 0 Å². The number of carbonyl (C=O) groups excluding carboxylic acids is 1. The van der Waals surface area contributed by atoms with Crippen molar-refractivity contribution in [3.63, 3.8) is 0 Å². The molecule has 2 heterocycles. The van der Waals surface area contributed by atoms with Crippen molar-refractivity contribution in [2.45, 2.75) is 18.9 Å². The summed E-state index contributed by atoms with van der Waals surface area (Å²) in [7, 11) is 0. The first kappa shape index (κ1) is 10.8. The highest BCUT2D eigenvalue weighted by Crippen LogP contribution is 2.19. The zero-order valence-electron chi connectivity index (χ0n) is 8.19. The maximum absolute atomic E-state index is 11.8. The van der Waals surface area contributed by atoms with Gasteiger partial charge in [-0.15, -0.1) is 0 Å². The fourth-order valence-electron chi connectivity index (χ4n) is 1.69. The molecule has 1 saturated heterocycles. The molecule has 15 heavy (non-hydrogen) atoms. The van der Waals surface area contributed by atoms with E-state index in [0.717, 1.165) is 28.8 Å². The SMILES string of the molecule is NC1CCCN(c2ccc(I)nc2)C1=O. The van der Waals surface area contributed by atoms with Crippen molar-refractivity contribution in [2.24, 2.45) is 5.73 Å². The van der Waals surface area contributed by atoms with E-state index in [0.29, 0.717) is 0 Å². The van der Waals surface area contributed by atoms with Crippen molar-refractivity contribution in [1.82, 2.24) is 4.98 Å². The smallest absolute Gasteiger partial charge is 0.243 e. The zero-order chi connectivity index (χ0) is 10.8. The highest BCUT2D eigenvalue weighted by Gasteiger charge is 2.26. The van der Waals surface area contributed by atoms with E-state index in [4.69, 9.17) is 5.73 Å². The standard InChI is InChI=1S/C10H12IN3O/c11-9-4-3-7(6-13-9)14-5-1-2-8(12)10(14)15/h3-4,6,8H,1-2,5,12H2. The van der Waals surface area contributed by atoms with Gasteiger partial charge in [0.05, 0.1) is 17.9 Å². The summed E-state index contributed by atoms with van der Waals surface area (Å²) in [6, 6.07) is 3.45. The summed E-state index contributed by atoms with van der Waals surface area (Å²) < 4.78 is 0.921. The highest BCUT2D eigenvalue weighted by atomic mass is 127. The minimum absolute atomic E-state index is 0.00394. The van der Waals surface area contributed by atoms with Gasteiger partial charge in [0.15, 0.2) is 0 Å². The van der Waals surface area contributed by atoms with Gasteiger partial charge in [-0.05, 0) is 47.6 Å². The van der Waals surface area contributed by atoms with Gasteiger partial charge in [0.25, 0.3) is 0 Å². The number of amides is 1. The van der Waals surface area contributed by atoms with Gasteiger partial charge in [-0.3, -0.25) is 4.79 Å². The van der Waals surface area contributed by atoms with Gasteiger partial charge in [0.2, 0.25) is 5.91 Å². The van der Waals surface area contributed by atoms with Crippen LogP contribution in [0, 0.1) is 3.70 Å². The van der Waals surface area contributed by atoms with Crippen molar-refractivity contribution in [3.05, 3.63) is 22.0 Å². The molecule has 0 spiro atoms. The molecule has 1 unspecified atom stereocenters. The number of carbonyl (C=O) groups is 1. The van der Waals surface area contributed by atoms with E-state index in [9.17, 15) is 4.79 Å². The molecule has 1 aliphatic rings. The molecule has 2 N–H and O–H groups in total. The Morgan fingerprint density at radius 3 is 3.00 bits per heavy atom. The van der Waals surface area contributed by atoms with Gasteiger partial charge in [-0.1, -0.05) is 0 Å². The molecular formula is C10H12IN3O. The third kappa shape index (κ3) is 2.28. The van der Waals surface area contributed by atoms with E-state index in [1.165, 1.54) is 0 Å². The van der Waals surface area contributed by atoms with Crippen LogP contribution in [0.1, 0.15) is 12.8 Å². The van der Waals surface area contributed by atoms with Gasteiger partial charge in [-0.25, -0.2) is 4.98 Å². The average molecular weight is 317 g/mol. The van der Waals surface area contributed by atoms with E-state index >= 15 is 0 Å². The highest BCUT2D eigenvalue weighted by molar-refractivity contribution is 14.1. The second-order valence-corrected chi connectivity index (χ2v) is 4.68. The molecule has 1 aromatic heterocycles. The monoisotopic (exact) mass is 317 g/mol. The average Bonchev–Trinajstić information content (AvgIpc) is 2.24. The van der Waals surface area contributed by atoms with Crippen LogP contribution >= 0.6 is 22.6 Å². The molecule has 0 radical (unpaired) electrons. The topological polar surface area (TPSA) is 59.2 Å². The van der Waals surface area contributed by atoms with Crippen LogP contribution in [-0.2, 0) is 4.79 Å². The van der Waals surface area contributed by atoms with Crippen LogP contribution in [0.5, 0.6) is 0 Å². The molecule has 0 saturated carbocycles. The molecular weight excluding hydrogens is 305 g/mol. The lowest BCUT2D eigenvalue weighted by Gasteiger charge is -2.30. The molecule has 1 aliphatic heterocycles. The minimum Gasteiger partial charge on any atom is -0.320 e. The Hall–Kier alpha value is -0.690. The number of nitrogens with zero attached hydrogens (tertiary/aromatic N) is 2. The van der Waals surface area contributed by atoms with Crippen molar-refractivity contribution < 1.29 is 4.79 Å². The fourth-order valence-corrected chi connectivity index (χ4v) is 2.01. The molecule has 0 aromatic carbocycles. The third-order valence-electron chi connectivity index (χ3n) is 2.50. The molecule has 4 nitrogen and oxygen atoms in total. The predicted octanol–water partition coefficient (Wildman–Crippen LogP) is 1.14. The number of anilines is 1. The summed E-state index contributed by atoms with van der Waals surface area (Å²) in [4.78, 5) is 17.7. The maximum Gasteiger partial charge on any atom is 0.243 e. The molecule has 1 fully saturated rings. The molecule has 2 rings (SSSR count). The molecule has 0 bridgehead atoms. The van der Waals surface area contributed by atoms with Gasteiger partial charge in [0, 0.05) is 6.54 Å². The van der Waals surface area contributed by atoms with Crippen LogP contribution < -0.4 is 10.6 Å². The molecule has 1 amide bonds. The number of hydrogen-bond acceptors (Lipinski definition) is 3. The first-order chi connectivity index (χ1) is 7.18. The summed E-state index contributed by atoms with van der Waals surface area (Å²) in [5.41, 5.74) is 6.57. The third-order valence-corrected chi connectivity index (χ3v) is 3.14. The summed E-state index contributed by atoms with van der Waals surface area (Å²) in [6.07, 6.45) is 3.46. The molecule has 1 aromatic rings. The number of hydrogen-bond donors (Lipinski definition) is 1. The second-order valence-electron chi connectivity index (χ2n) is 3.58. The lowest BCUT2D eigenvalue weighted by Crippen LogP contribution is -2.48. The number of halogens is 1. The van der Waals surface area contributed by atoms with E-state index in [1.54, 1.807) is 11.1 Å². The lowest BCUT2D eigenvalue weighted by molar-refractivity contribution is -0.120. The summed E-state index contributed by atoms with van der Waals surface area (Å²) in [5, 5.41) is 0. The molecule has 0 aliphatic carbocycles. The van der Waals surface area contributed by atoms with Crippen molar-refractivity contribution in [2.75, 3.05) is 11.4 Å². The Labute approximate surface area is 102 Å². The first-order valence-electron chi connectivity index (χ1n) is 4.87. The van der Waals surface area contributed by atoms with Gasteiger partial charge in [-0.2, -0.15) is 0 Å². The largest absolute Gasteiger partial charge is 0.320 e. The Balaban J connectivity index is 2.22. The molecule has 1 atom stereocenters. The van der Waals surface area contributed by atoms with Crippen molar-refractivity contribution >= 4 is 34.2 Å². The predicted molar refractivity (Wildman–Crippen MR) is 66.5 cm³/mol. The minimum atomic E-state index is -0.349. The molecule has 5 heteroatoms. The van der Waals surface area contributed by atoms with E-state index in [-0.39, 0.29) is 11.9 Å². The van der Waals surface area contributed by atoms with E-state index in [2.05, 4.69) is 27.6 Å². The number of nitrogens with two attached hydrogens (primary N) is 1. The summed E-state index contributed by atoms with van der Waals surface area (Å²) in [5.74, 6) is 0.00394. The van der Waals surface area contributed by atoms with Crippen LogP contribution in [0.3, 0.4) is 0 Å². The van der Waals surface area contributed by atoms with Crippen LogP contribution in [0.25, 0.3) is 0 Å². The first-order valence-corrected chi connectivity index (χ1v) is 5.95. The Bertz CT molecular complexity index is 365. The van der Waals surface area contributed by atoms with Crippen LogP contribution in [0.2, 0.25) is 0 Å². The zero-order valence-corrected chi connectivity index (χ0v) is 10.3. The van der Waals surface area contributed by atoms with Crippen LogP contribution in [-0.4, -0.2) is 23.5 Å². The van der Waals surface area contributed by atoms with Gasteiger partial charge in [0.1, 0.15) is 3.70 Å².